The van der Waals surface area contributed by atoms with Crippen LogP contribution in [0, 0.1) is 20.8 Å². The molecule has 0 N–H and O–H groups in total. The summed E-state index contributed by atoms with van der Waals surface area (Å²) in [5.74, 6) is 0.128. The van der Waals surface area contributed by atoms with E-state index >= 15 is 0 Å². The minimum absolute atomic E-state index is 0.0652. The van der Waals surface area contributed by atoms with Crippen molar-refractivity contribution in [2.75, 3.05) is 42.6 Å². The molecule has 2 aliphatic rings. The number of anilines is 1. The smallest absolute Gasteiger partial charge is 0.274 e. The summed E-state index contributed by atoms with van der Waals surface area (Å²) in [6, 6.07) is 16.0. The Morgan fingerprint density at radius 3 is 2.34 bits per heavy atom. The molecule has 1 unspecified atom stereocenters. The van der Waals surface area contributed by atoms with E-state index in [4.69, 9.17) is 0 Å². The molecule has 5 rings (SSSR count). The minimum Gasteiger partial charge on any atom is -0.368 e. The topological polar surface area (TPSA) is 75.5 Å². The largest absolute Gasteiger partial charge is 0.368 e. The van der Waals surface area contributed by atoms with Crippen LogP contribution >= 0.6 is 0 Å². The summed E-state index contributed by atoms with van der Waals surface area (Å²) in [5.41, 5.74) is 7.02. The van der Waals surface area contributed by atoms with Crippen LogP contribution in [0.3, 0.4) is 0 Å². The van der Waals surface area contributed by atoms with Gasteiger partial charge in [0.05, 0.1) is 23.2 Å². The van der Waals surface area contributed by atoms with Crippen molar-refractivity contribution in [1.29, 1.82) is 0 Å². The van der Waals surface area contributed by atoms with Gasteiger partial charge in [-0.3, -0.25) is 9.48 Å². The average Bonchev–Trinajstić information content (AvgIpc) is 3.44. The predicted molar refractivity (Wildman–Crippen MR) is 139 cm³/mol. The van der Waals surface area contributed by atoms with Crippen molar-refractivity contribution in [2.45, 2.75) is 33.2 Å². The Labute approximate surface area is 207 Å². The monoisotopic (exact) mass is 492 g/mol. The van der Waals surface area contributed by atoms with Crippen LogP contribution in [0.25, 0.3) is 11.3 Å². The molecule has 2 aromatic carbocycles. The fraction of sp³-hybridized carbons (Fsp3) is 0.407. The maximum absolute atomic E-state index is 13.5. The molecule has 35 heavy (non-hydrogen) atoms. The van der Waals surface area contributed by atoms with Crippen LogP contribution in [0.15, 0.2) is 48.5 Å². The van der Waals surface area contributed by atoms with Gasteiger partial charge < -0.3 is 9.80 Å². The van der Waals surface area contributed by atoms with E-state index in [2.05, 4.69) is 42.0 Å². The van der Waals surface area contributed by atoms with E-state index in [1.807, 2.05) is 42.2 Å². The molecule has 0 aliphatic carbocycles. The highest BCUT2D eigenvalue weighted by Gasteiger charge is 2.33. The molecule has 1 atom stereocenters. The Morgan fingerprint density at radius 1 is 0.971 bits per heavy atom. The standard InChI is InChI=1S/C27H32N4O3S/c1-19-7-9-22(10-8-19)26-17-24(28-31(26)23-11-16-35(33,34)18-23)27(32)30-14-12-29(13-15-30)25-6-4-5-20(2)21(25)3/h4-10,17,23H,11-16,18H2,1-3H3. The molecule has 8 heteroatoms. The zero-order chi connectivity index (χ0) is 24.7. The van der Waals surface area contributed by atoms with E-state index in [0.29, 0.717) is 25.2 Å². The summed E-state index contributed by atoms with van der Waals surface area (Å²) in [7, 11) is -3.08. The van der Waals surface area contributed by atoms with Gasteiger partial charge in [0.25, 0.3) is 5.91 Å². The van der Waals surface area contributed by atoms with Gasteiger partial charge in [-0.25, -0.2) is 8.42 Å². The number of sulfone groups is 1. The molecule has 0 spiro atoms. The number of nitrogens with zero attached hydrogens (tertiary/aromatic N) is 4. The number of piperazine rings is 1. The molecule has 2 fully saturated rings. The van der Waals surface area contributed by atoms with Gasteiger partial charge in [-0.1, -0.05) is 42.0 Å². The lowest BCUT2D eigenvalue weighted by molar-refractivity contribution is 0.0739. The number of carbonyl (C=O) groups excluding carboxylic acids is 1. The molecule has 1 amide bonds. The van der Waals surface area contributed by atoms with Gasteiger partial charge in [0.15, 0.2) is 15.5 Å². The van der Waals surface area contributed by atoms with Crippen LogP contribution in [0.1, 0.15) is 39.6 Å². The molecule has 0 radical (unpaired) electrons. The lowest BCUT2D eigenvalue weighted by Crippen LogP contribution is -2.49. The summed E-state index contributed by atoms with van der Waals surface area (Å²) in [6.45, 7) is 9.07. The molecule has 7 nitrogen and oxygen atoms in total. The Kier molecular flexibility index (Phi) is 6.17. The van der Waals surface area contributed by atoms with E-state index in [9.17, 15) is 13.2 Å². The Hall–Kier alpha value is -3.13. The summed E-state index contributed by atoms with van der Waals surface area (Å²) >= 11 is 0. The first-order valence-corrected chi connectivity index (χ1v) is 14.0. The van der Waals surface area contributed by atoms with Crippen molar-refractivity contribution in [1.82, 2.24) is 14.7 Å². The summed E-state index contributed by atoms with van der Waals surface area (Å²) in [4.78, 5) is 17.7. The average molecular weight is 493 g/mol. The number of benzene rings is 2. The fourth-order valence-electron chi connectivity index (χ4n) is 5.08. The lowest BCUT2D eigenvalue weighted by atomic mass is 10.1. The van der Waals surface area contributed by atoms with Crippen LogP contribution in [0.5, 0.6) is 0 Å². The van der Waals surface area contributed by atoms with Crippen molar-refractivity contribution in [3.63, 3.8) is 0 Å². The van der Waals surface area contributed by atoms with Crippen LogP contribution in [-0.2, 0) is 9.84 Å². The van der Waals surface area contributed by atoms with Crippen LogP contribution in [-0.4, -0.2) is 66.7 Å². The lowest BCUT2D eigenvalue weighted by Gasteiger charge is -2.36. The van der Waals surface area contributed by atoms with E-state index in [1.54, 1.807) is 4.68 Å². The highest BCUT2D eigenvalue weighted by Crippen LogP contribution is 2.31. The van der Waals surface area contributed by atoms with Crippen molar-refractivity contribution in [2.24, 2.45) is 0 Å². The van der Waals surface area contributed by atoms with Crippen LogP contribution in [0.2, 0.25) is 0 Å². The molecular weight excluding hydrogens is 460 g/mol. The number of aromatic nitrogens is 2. The Balaban J connectivity index is 1.39. The number of hydrogen-bond donors (Lipinski definition) is 0. The maximum Gasteiger partial charge on any atom is 0.274 e. The number of amides is 1. The molecule has 3 aromatic rings. The zero-order valence-electron chi connectivity index (χ0n) is 20.6. The van der Waals surface area contributed by atoms with E-state index < -0.39 is 9.84 Å². The van der Waals surface area contributed by atoms with Crippen LogP contribution < -0.4 is 4.90 Å². The van der Waals surface area contributed by atoms with Crippen LogP contribution in [0.4, 0.5) is 5.69 Å². The third-order valence-corrected chi connectivity index (χ3v) is 9.09. The molecular formula is C27H32N4O3S. The second-order valence-corrected chi connectivity index (χ2v) is 12.0. The molecule has 1 aromatic heterocycles. The van der Waals surface area contributed by atoms with Gasteiger partial charge in [-0.15, -0.1) is 0 Å². The zero-order valence-corrected chi connectivity index (χ0v) is 21.4. The number of rotatable bonds is 4. The summed E-state index contributed by atoms with van der Waals surface area (Å²) in [5, 5.41) is 4.68. The third-order valence-electron chi connectivity index (χ3n) is 7.34. The highest BCUT2D eigenvalue weighted by atomic mass is 32.2. The van der Waals surface area contributed by atoms with Gasteiger partial charge in [0, 0.05) is 31.9 Å². The van der Waals surface area contributed by atoms with Gasteiger partial charge in [-0.05, 0) is 56.0 Å². The quantitative estimate of drug-likeness (QED) is 0.554. The van der Waals surface area contributed by atoms with E-state index in [1.165, 1.54) is 16.8 Å². The first kappa shape index (κ1) is 23.6. The van der Waals surface area contributed by atoms with Crippen molar-refractivity contribution < 1.29 is 13.2 Å². The second-order valence-electron chi connectivity index (χ2n) is 9.78. The number of hydrogen-bond acceptors (Lipinski definition) is 5. The minimum atomic E-state index is -3.08. The molecule has 184 valence electrons. The molecule has 2 saturated heterocycles. The molecule has 2 aliphatic heterocycles. The molecule has 0 bridgehead atoms. The SMILES string of the molecule is Cc1ccc(-c2cc(C(=O)N3CCN(c4cccc(C)c4C)CC3)nn2C2CCS(=O)(=O)C2)cc1. The molecule has 3 heterocycles. The van der Waals surface area contributed by atoms with Crippen molar-refractivity contribution >= 4 is 21.4 Å². The normalized spacial score (nSPS) is 19.8. The number of aryl methyl sites for hydroxylation is 2. The summed E-state index contributed by atoms with van der Waals surface area (Å²) in [6.07, 6.45) is 0.519. The third kappa shape index (κ3) is 4.72. The van der Waals surface area contributed by atoms with Gasteiger partial charge >= 0.3 is 0 Å². The first-order chi connectivity index (χ1) is 16.7. The van der Waals surface area contributed by atoms with Gasteiger partial charge in [0.1, 0.15) is 0 Å². The van der Waals surface area contributed by atoms with Crippen molar-refractivity contribution in [3.05, 3.63) is 70.9 Å². The highest BCUT2D eigenvalue weighted by molar-refractivity contribution is 7.91. The summed E-state index contributed by atoms with van der Waals surface area (Å²) < 4.78 is 26.1. The van der Waals surface area contributed by atoms with E-state index in [0.717, 1.165) is 29.9 Å². The predicted octanol–water partition coefficient (Wildman–Crippen LogP) is 3.80. The fourth-order valence-corrected chi connectivity index (χ4v) is 6.77. The maximum atomic E-state index is 13.5. The molecule has 0 saturated carbocycles. The Bertz CT molecular complexity index is 1350. The van der Waals surface area contributed by atoms with Gasteiger partial charge in [-0.2, -0.15) is 5.10 Å². The Morgan fingerprint density at radius 2 is 1.69 bits per heavy atom. The second kappa shape index (κ2) is 9.15. The number of carbonyl (C=O) groups is 1. The van der Waals surface area contributed by atoms with E-state index in [-0.39, 0.29) is 23.5 Å². The van der Waals surface area contributed by atoms with Gasteiger partial charge in [0.2, 0.25) is 0 Å². The van der Waals surface area contributed by atoms with Crippen molar-refractivity contribution in [3.8, 4) is 11.3 Å². The first-order valence-electron chi connectivity index (χ1n) is 12.2.